The number of aromatic nitrogens is 1. The third-order valence-electron chi connectivity index (χ3n) is 3.79. The van der Waals surface area contributed by atoms with Gasteiger partial charge in [0, 0.05) is 25.2 Å². The monoisotopic (exact) mass is 286 g/mol. The third-order valence-corrected chi connectivity index (χ3v) is 3.79. The molecule has 0 amide bonds. The lowest BCUT2D eigenvalue weighted by atomic mass is 10.0. The molecule has 21 heavy (non-hydrogen) atoms. The Morgan fingerprint density at radius 3 is 2.81 bits per heavy atom. The van der Waals surface area contributed by atoms with Crippen molar-refractivity contribution in [2.24, 2.45) is 16.8 Å². The Hall–Kier alpha value is -2.30. The summed E-state index contributed by atoms with van der Waals surface area (Å²) in [4.78, 5) is 6.55. The zero-order chi connectivity index (χ0) is 15.4. The predicted molar refractivity (Wildman–Crippen MR) is 87.0 cm³/mol. The van der Waals surface area contributed by atoms with Gasteiger partial charge in [0.05, 0.1) is 16.8 Å². The van der Waals surface area contributed by atoms with Crippen LogP contribution >= 0.6 is 0 Å². The van der Waals surface area contributed by atoms with Gasteiger partial charge in [-0.3, -0.25) is 4.98 Å². The number of anilines is 1. The van der Waals surface area contributed by atoms with Crippen LogP contribution in [-0.4, -0.2) is 29.6 Å². The summed E-state index contributed by atoms with van der Waals surface area (Å²) < 4.78 is 0. The fraction of sp³-hybridized carbons (Fsp3) is 0.375. The first-order valence-electron chi connectivity index (χ1n) is 7.15. The summed E-state index contributed by atoms with van der Waals surface area (Å²) >= 11 is 0. The van der Waals surface area contributed by atoms with Crippen LogP contribution in [0.5, 0.6) is 0 Å². The van der Waals surface area contributed by atoms with Gasteiger partial charge in [0.1, 0.15) is 0 Å². The normalized spacial score (nSPS) is 13.4. The second-order valence-corrected chi connectivity index (χ2v) is 5.42. The van der Waals surface area contributed by atoms with E-state index in [2.05, 4.69) is 28.9 Å². The highest BCUT2D eigenvalue weighted by Crippen LogP contribution is 2.29. The lowest BCUT2D eigenvalue weighted by Crippen LogP contribution is -2.27. The number of rotatable bonds is 5. The van der Waals surface area contributed by atoms with Gasteiger partial charge in [0.15, 0.2) is 5.84 Å². The molecule has 0 saturated carbocycles. The van der Waals surface area contributed by atoms with E-state index in [0.717, 1.165) is 29.6 Å². The smallest absolute Gasteiger partial charge is 0.173 e. The van der Waals surface area contributed by atoms with E-state index in [1.54, 1.807) is 6.20 Å². The maximum atomic E-state index is 9.01. The van der Waals surface area contributed by atoms with Crippen molar-refractivity contribution >= 4 is 22.4 Å². The van der Waals surface area contributed by atoms with Gasteiger partial charge in [-0.15, -0.1) is 0 Å². The Bertz CT molecular complexity index is 654. The van der Waals surface area contributed by atoms with Crippen molar-refractivity contribution in [1.82, 2.24) is 4.98 Å². The molecule has 0 spiro atoms. The number of oxime groups is 1. The topological polar surface area (TPSA) is 74.7 Å². The van der Waals surface area contributed by atoms with Gasteiger partial charge in [0.2, 0.25) is 0 Å². The van der Waals surface area contributed by atoms with E-state index in [9.17, 15) is 0 Å². The van der Waals surface area contributed by atoms with Crippen molar-refractivity contribution in [2.75, 3.05) is 18.5 Å². The quantitative estimate of drug-likeness (QED) is 0.383. The highest BCUT2D eigenvalue weighted by atomic mass is 16.4. The Kier molecular flexibility index (Phi) is 4.62. The van der Waals surface area contributed by atoms with Gasteiger partial charge in [0.25, 0.3) is 0 Å². The molecule has 0 aliphatic heterocycles. The molecule has 0 aliphatic rings. The first-order chi connectivity index (χ1) is 10.1. The zero-order valence-corrected chi connectivity index (χ0v) is 12.7. The third kappa shape index (κ3) is 3.07. The molecular weight excluding hydrogens is 264 g/mol. The van der Waals surface area contributed by atoms with Crippen LogP contribution in [0.3, 0.4) is 0 Å². The minimum atomic E-state index is 0.0826. The van der Waals surface area contributed by atoms with Gasteiger partial charge in [-0.05, 0) is 12.0 Å². The summed E-state index contributed by atoms with van der Waals surface area (Å²) in [5.74, 6) is 0.640. The summed E-state index contributed by atoms with van der Waals surface area (Å²) in [6.45, 7) is 5.28. The van der Waals surface area contributed by atoms with E-state index in [0.29, 0.717) is 11.5 Å². The second kappa shape index (κ2) is 6.43. The van der Waals surface area contributed by atoms with Crippen molar-refractivity contribution in [1.29, 1.82) is 0 Å². The minimum Gasteiger partial charge on any atom is -0.409 e. The molecule has 3 N–H and O–H groups in total. The average Bonchev–Trinajstić information content (AvgIpc) is 2.52. The van der Waals surface area contributed by atoms with Gasteiger partial charge in [-0.25, -0.2) is 0 Å². The van der Waals surface area contributed by atoms with Gasteiger partial charge < -0.3 is 15.8 Å². The van der Waals surface area contributed by atoms with Crippen LogP contribution in [0.4, 0.5) is 5.69 Å². The number of amidine groups is 1. The van der Waals surface area contributed by atoms with Crippen molar-refractivity contribution < 1.29 is 5.21 Å². The molecular formula is C16H22N4O. The van der Waals surface area contributed by atoms with Crippen molar-refractivity contribution in [3.8, 4) is 0 Å². The Morgan fingerprint density at radius 1 is 1.43 bits per heavy atom. The highest BCUT2D eigenvalue weighted by molar-refractivity contribution is 6.08. The number of hydrogen-bond acceptors (Lipinski definition) is 4. The molecule has 0 bridgehead atoms. The standard InChI is InChI=1S/C16H22N4O/c1-4-11(2)10-20(3)15-12-7-5-6-8-14(12)18-9-13(15)16(17)19-21/h5-9,11,21H,4,10H2,1-3H3,(H2,17,19). The Balaban J connectivity index is 2.60. The van der Waals surface area contributed by atoms with E-state index < -0.39 is 0 Å². The number of nitrogens with two attached hydrogens (primary N) is 1. The molecule has 1 heterocycles. The predicted octanol–water partition coefficient (Wildman–Crippen LogP) is 2.81. The van der Waals surface area contributed by atoms with E-state index in [-0.39, 0.29) is 5.84 Å². The summed E-state index contributed by atoms with van der Waals surface area (Å²) in [6, 6.07) is 7.91. The summed E-state index contributed by atoms with van der Waals surface area (Å²) in [5.41, 5.74) is 8.33. The van der Waals surface area contributed by atoms with Crippen LogP contribution in [0.25, 0.3) is 10.9 Å². The first kappa shape index (κ1) is 15.1. The average molecular weight is 286 g/mol. The van der Waals surface area contributed by atoms with Crippen molar-refractivity contribution in [3.63, 3.8) is 0 Å². The SMILES string of the molecule is CCC(C)CN(C)c1c(/C(N)=N/O)cnc2ccccc12. The van der Waals surface area contributed by atoms with Crippen LogP contribution in [0.1, 0.15) is 25.8 Å². The molecule has 2 aromatic rings. The molecule has 0 aliphatic carbocycles. The fourth-order valence-electron chi connectivity index (χ4n) is 2.47. The molecule has 1 atom stereocenters. The minimum absolute atomic E-state index is 0.0826. The summed E-state index contributed by atoms with van der Waals surface area (Å²) in [7, 11) is 2.03. The van der Waals surface area contributed by atoms with E-state index in [1.807, 2.05) is 31.3 Å². The zero-order valence-electron chi connectivity index (χ0n) is 12.7. The number of para-hydroxylation sites is 1. The van der Waals surface area contributed by atoms with Crippen LogP contribution in [0.2, 0.25) is 0 Å². The van der Waals surface area contributed by atoms with E-state index in [4.69, 9.17) is 10.9 Å². The Labute approximate surface area is 125 Å². The summed E-state index contributed by atoms with van der Waals surface area (Å²) in [5, 5.41) is 13.2. The van der Waals surface area contributed by atoms with Crippen molar-refractivity contribution in [3.05, 3.63) is 36.0 Å². The number of hydrogen-bond donors (Lipinski definition) is 2. The first-order valence-corrected chi connectivity index (χ1v) is 7.15. The van der Waals surface area contributed by atoms with Crippen LogP contribution in [-0.2, 0) is 0 Å². The number of nitrogens with zero attached hydrogens (tertiary/aromatic N) is 3. The maximum absolute atomic E-state index is 9.01. The molecule has 5 nitrogen and oxygen atoms in total. The van der Waals surface area contributed by atoms with E-state index in [1.165, 1.54) is 0 Å². The maximum Gasteiger partial charge on any atom is 0.173 e. The molecule has 0 radical (unpaired) electrons. The molecule has 1 aromatic heterocycles. The highest BCUT2D eigenvalue weighted by Gasteiger charge is 2.17. The number of fused-ring (bicyclic) bond motifs is 1. The fourth-order valence-corrected chi connectivity index (χ4v) is 2.47. The molecule has 1 aromatic carbocycles. The molecule has 0 fully saturated rings. The number of pyridine rings is 1. The Morgan fingerprint density at radius 2 is 2.14 bits per heavy atom. The largest absolute Gasteiger partial charge is 0.409 e. The lowest BCUT2D eigenvalue weighted by Gasteiger charge is -2.26. The van der Waals surface area contributed by atoms with Gasteiger partial charge in [-0.1, -0.05) is 43.6 Å². The van der Waals surface area contributed by atoms with E-state index >= 15 is 0 Å². The van der Waals surface area contributed by atoms with Crippen LogP contribution in [0, 0.1) is 5.92 Å². The van der Waals surface area contributed by atoms with Gasteiger partial charge >= 0.3 is 0 Å². The number of benzene rings is 1. The second-order valence-electron chi connectivity index (χ2n) is 5.42. The summed E-state index contributed by atoms with van der Waals surface area (Å²) in [6.07, 6.45) is 2.77. The molecule has 2 rings (SSSR count). The molecule has 0 saturated heterocycles. The molecule has 5 heteroatoms. The van der Waals surface area contributed by atoms with Crippen molar-refractivity contribution in [2.45, 2.75) is 20.3 Å². The van der Waals surface area contributed by atoms with Crippen LogP contribution < -0.4 is 10.6 Å². The van der Waals surface area contributed by atoms with Crippen LogP contribution in [0.15, 0.2) is 35.6 Å². The lowest BCUT2D eigenvalue weighted by molar-refractivity contribution is 0.318. The molecule has 112 valence electrons. The molecule has 1 unspecified atom stereocenters. The van der Waals surface area contributed by atoms with Gasteiger partial charge in [-0.2, -0.15) is 0 Å².